The molecule has 1 unspecified atom stereocenters. The average molecular weight is 560 g/mol. The number of rotatable bonds is 11. The number of methoxy groups -OCH3 is 1. The Balaban J connectivity index is 1.58. The first kappa shape index (κ1) is 28.4. The number of anilines is 1. The van der Waals surface area contributed by atoms with E-state index in [2.05, 4.69) is 15.3 Å². The van der Waals surface area contributed by atoms with Crippen molar-refractivity contribution in [1.29, 1.82) is 0 Å². The van der Waals surface area contributed by atoms with Gasteiger partial charge in [0.1, 0.15) is 10.3 Å². The van der Waals surface area contributed by atoms with Crippen molar-refractivity contribution in [2.45, 2.75) is 69.2 Å². The Morgan fingerprint density at radius 2 is 1.87 bits per heavy atom. The molecule has 0 radical (unpaired) electrons. The van der Waals surface area contributed by atoms with Gasteiger partial charge < -0.3 is 15.8 Å². The van der Waals surface area contributed by atoms with E-state index in [9.17, 15) is 13.2 Å². The fraction of sp³-hybridized carbons (Fsp3) is 0.519. The molecular formula is C27H37N5O4S2. The van der Waals surface area contributed by atoms with Crippen LogP contribution in [0.3, 0.4) is 0 Å². The van der Waals surface area contributed by atoms with E-state index in [4.69, 9.17) is 10.5 Å². The lowest BCUT2D eigenvalue weighted by Crippen LogP contribution is -2.47. The molecule has 0 bridgehead atoms. The normalized spacial score (nSPS) is 15.7. The maximum absolute atomic E-state index is 13.6. The second-order valence-electron chi connectivity index (χ2n) is 10.6. The van der Waals surface area contributed by atoms with Crippen molar-refractivity contribution in [2.24, 2.45) is 11.7 Å². The molecule has 1 fully saturated rings. The predicted octanol–water partition coefficient (Wildman–Crippen LogP) is 4.75. The second-order valence-corrected chi connectivity index (χ2v) is 13.5. The summed E-state index contributed by atoms with van der Waals surface area (Å²) in [6.07, 6.45) is 5.25. The highest BCUT2D eigenvalue weighted by atomic mass is 32.2. The Morgan fingerprint density at radius 1 is 1.18 bits per heavy atom. The van der Waals surface area contributed by atoms with Gasteiger partial charge in [0, 0.05) is 24.7 Å². The number of nitrogens with two attached hydrogens (primary N) is 1. The third-order valence-electron chi connectivity index (χ3n) is 6.89. The SMILES string of the molecule is CCN(CC(C)(C)N)S(=O)(=O)c1ccc(C(CC2CCCC2)C(=O)Nc2nc3ccc(OC)nc3s2)cc1. The van der Waals surface area contributed by atoms with Crippen LogP contribution in [-0.2, 0) is 14.8 Å². The number of ether oxygens (including phenoxy) is 1. The van der Waals surface area contributed by atoms with Gasteiger partial charge in [0.05, 0.1) is 17.9 Å². The fourth-order valence-corrected chi connectivity index (χ4v) is 7.43. The average Bonchev–Trinajstić information content (AvgIpc) is 3.54. The summed E-state index contributed by atoms with van der Waals surface area (Å²) in [7, 11) is -2.15. The van der Waals surface area contributed by atoms with E-state index in [1.165, 1.54) is 28.5 Å². The molecule has 4 rings (SSSR count). The first-order valence-corrected chi connectivity index (χ1v) is 15.3. The highest BCUT2D eigenvalue weighted by molar-refractivity contribution is 7.89. The molecule has 2 heterocycles. The number of fused-ring (bicyclic) bond motifs is 1. The molecule has 3 N–H and O–H groups in total. The monoisotopic (exact) mass is 559 g/mol. The van der Waals surface area contributed by atoms with Crippen LogP contribution in [0.4, 0.5) is 5.13 Å². The van der Waals surface area contributed by atoms with Crippen molar-refractivity contribution in [3.05, 3.63) is 42.0 Å². The summed E-state index contributed by atoms with van der Waals surface area (Å²) in [6, 6.07) is 10.3. The Hall–Kier alpha value is -2.60. The van der Waals surface area contributed by atoms with Crippen LogP contribution in [0.5, 0.6) is 5.88 Å². The zero-order valence-corrected chi connectivity index (χ0v) is 24.1. The first-order chi connectivity index (χ1) is 18.0. The molecule has 9 nitrogen and oxygen atoms in total. The summed E-state index contributed by atoms with van der Waals surface area (Å²) in [6.45, 7) is 5.94. The Kier molecular flexibility index (Phi) is 8.71. The van der Waals surface area contributed by atoms with Crippen LogP contribution in [0, 0.1) is 5.92 Å². The Morgan fingerprint density at radius 3 is 2.47 bits per heavy atom. The van der Waals surface area contributed by atoms with E-state index in [0.29, 0.717) is 40.2 Å². The highest BCUT2D eigenvalue weighted by Gasteiger charge is 2.30. The third kappa shape index (κ3) is 6.69. The van der Waals surface area contributed by atoms with Gasteiger partial charge >= 0.3 is 0 Å². The van der Waals surface area contributed by atoms with Gasteiger partial charge in [-0.05, 0) is 49.9 Å². The number of nitrogens with one attached hydrogen (secondary N) is 1. The van der Waals surface area contributed by atoms with E-state index in [-0.39, 0.29) is 17.3 Å². The van der Waals surface area contributed by atoms with Crippen LogP contribution in [0.25, 0.3) is 10.3 Å². The van der Waals surface area contributed by atoms with Gasteiger partial charge in [-0.25, -0.2) is 18.4 Å². The smallest absolute Gasteiger partial charge is 0.243 e. The van der Waals surface area contributed by atoms with Gasteiger partial charge in [0.25, 0.3) is 0 Å². The van der Waals surface area contributed by atoms with Crippen LogP contribution in [0.1, 0.15) is 64.4 Å². The number of likely N-dealkylation sites (N-methyl/N-ethyl adjacent to an activating group) is 1. The second kappa shape index (κ2) is 11.6. The summed E-state index contributed by atoms with van der Waals surface area (Å²) in [5, 5.41) is 3.46. The number of pyridine rings is 1. The van der Waals surface area contributed by atoms with Crippen molar-refractivity contribution >= 4 is 42.7 Å². The summed E-state index contributed by atoms with van der Waals surface area (Å²) >= 11 is 1.30. The standard InChI is InChI=1S/C27H37N5O4S2/c1-5-32(17-27(2,3)28)38(34,35)20-12-10-19(11-13-20)21(16-18-8-6-7-9-18)24(33)31-26-29-22-14-15-23(36-4)30-25(22)37-26/h10-15,18,21H,5-9,16-17,28H2,1-4H3,(H,29,31,33). The molecule has 206 valence electrons. The summed E-state index contributed by atoms with van der Waals surface area (Å²) in [5.41, 5.74) is 6.92. The van der Waals surface area contributed by atoms with Crippen LogP contribution in [-0.4, -0.2) is 54.3 Å². The largest absolute Gasteiger partial charge is 0.481 e. The lowest BCUT2D eigenvalue weighted by molar-refractivity contribution is -0.118. The number of sulfonamides is 1. The van der Waals surface area contributed by atoms with Gasteiger partial charge in [-0.1, -0.05) is 56.1 Å². The van der Waals surface area contributed by atoms with Crippen LogP contribution < -0.4 is 15.8 Å². The number of aromatic nitrogens is 2. The minimum atomic E-state index is -3.71. The molecule has 3 aromatic rings. The number of thiazole rings is 1. The number of carbonyl (C=O) groups is 1. The third-order valence-corrected chi connectivity index (χ3v) is 9.70. The fourth-order valence-electron chi connectivity index (χ4n) is 4.98. The van der Waals surface area contributed by atoms with Gasteiger partial charge in [-0.2, -0.15) is 4.31 Å². The van der Waals surface area contributed by atoms with Gasteiger partial charge in [0.15, 0.2) is 5.13 Å². The zero-order chi connectivity index (χ0) is 27.5. The lowest BCUT2D eigenvalue weighted by Gasteiger charge is -2.28. The van der Waals surface area contributed by atoms with Crippen molar-refractivity contribution in [3.63, 3.8) is 0 Å². The molecule has 38 heavy (non-hydrogen) atoms. The van der Waals surface area contributed by atoms with Gasteiger partial charge in [-0.3, -0.25) is 4.79 Å². The summed E-state index contributed by atoms with van der Waals surface area (Å²) in [4.78, 5) is 23.4. The number of amides is 1. The molecule has 1 atom stereocenters. The molecule has 1 aliphatic carbocycles. The van der Waals surface area contributed by atoms with Crippen LogP contribution >= 0.6 is 11.3 Å². The van der Waals surface area contributed by atoms with E-state index in [1.54, 1.807) is 58.2 Å². The van der Waals surface area contributed by atoms with E-state index < -0.39 is 21.5 Å². The van der Waals surface area contributed by atoms with Crippen molar-refractivity contribution in [2.75, 3.05) is 25.5 Å². The predicted molar refractivity (Wildman–Crippen MR) is 151 cm³/mol. The van der Waals surface area contributed by atoms with Crippen LogP contribution in [0.2, 0.25) is 0 Å². The van der Waals surface area contributed by atoms with Crippen LogP contribution in [0.15, 0.2) is 41.3 Å². The highest BCUT2D eigenvalue weighted by Crippen LogP contribution is 2.36. The molecule has 1 aromatic carbocycles. The summed E-state index contributed by atoms with van der Waals surface area (Å²) in [5.74, 6) is 0.371. The molecular weight excluding hydrogens is 522 g/mol. The number of nitrogens with zero attached hydrogens (tertiary/aromatic N) is 3. The molecule has 0 spiro atoms. The topological polar surface area (TPSA) is 128 Å². The van der Waals surface area contributed by atoms with E-state index in [0.717, 1.165) is 18.4 Å². The lowest BCUT2D eigenvalue weighted by atomic mass is 9.87. The Bertz CT molecular complexity index is 1360. The first-order valence-electron chi connectivity index (χ1n) is 13.0. The quantitative estimate of drug-likeness (QED) is 0.347. The number of hydrogen-bond donors (Lipinski definition) is 2. The van der Waals surface area contributed by atoms with Crippen molar-refractivity contribution in [3.8, 4) is 5.88 Å². The molecule has 11 heteroatoms. The number of carbonyl (C=O) groups excluding carboxylic acids is 1. The van der Waals surface area contributed by atoms with Crippen molar-refractivity contribution < 1.29 is 17.9 Å². The molecule has 0 aliphatic heterocycles. The summed E-state index contributed by atoms with van der Waals surface area (Å²) < 4.78 is 33.1. The minimum Gasteiger partial charge on any atom is -0.481 e. The zero-order valence-electron chi connectivity index (χ0n) is 22.4. The maximum Gasteiger partial charge on any atom is 0.243 e. The molecule has 1 saturated carbocycles. The van der Waals surface area contributed by atoms with Gasteiger partial charge in [-0.15, -0.1) is 0 Å². The number of hydrogen-bond acceptors (Lipinski definition) is 8. The molecule has 1 amide bonds. The maximum atomic E-state index is 13.6. The van der Waals surface area contributed by atoms with E-state index >= 15 is 0 Å². The molecule has 2 aromatic heterocycles. The van der Waals surface area contributed by atoms with E-state index in [1.807, 2.05) is 6.07 Å². The van der Waals surface area contributed by atoms with Crippen molar-refractivity contribution in [1.82, 2.24) is 14.3 Å². The van der Waals surface area contributed by atoms with Gasteiger partial charge in [0.2, 0.25) is 21.8 Å². The minimum absolute atomic E-state index is 0.154. The molecule has 0 saturated heterocycles. The molecule has 1 aliphatic rings. The Labute approximate surface area is 228 Å². The number of benzene rings is 1.